The molecule has 8 nitrogen and oxygen atoms in total. The Morgan fingerprint density at radius 1 is 0.898 bits per heavy atom. The van der Waals surface area contributed by atoms with Crippen molar-refractivity contribution < 1.29 is 33.3 Å². The molecule has 0 unspecified atom stereocenters. The molecular weight excluding hydrogens is 618 g/mol. The van der Waals surface area contributed by atoms with E-state index in [1.54, 1.807) is 7.11 Å². The summed E-state index contributed by atoms with van der Waals surface area (Å²) in [4.78, 5) is 33.0. The number of benzene rings is 3. The van der Waals surface area contributed by atoms with E-state index < -0.39 is 17.8 Å². The Morgan fingerprint density at radius 3 is 2.43 bits per heavy atom. The lowest BCUT2D eigenvalue weighted by Crippen LogP contribution is -2.29. The monoisotopic (exact) mass is 663 g/mol. The molecule has 3 aromatic carbocycles. The van der Waals surface area contributed by atoms with Gasteiger partial charge >= 0.3 is 11.9 Å². The van der Waals surface area contributed by atoms with E-state index in [1.165, 1.54) is 0 Å². The highest BCUT2D eigenvalue weighted by Crippen LogP contribution is 2.54. The fourth-order valence-electron chi connectivity index (χ4n) is 6.98. The van der Waals surface area contributed by atoms with Crippen LogP contribution in [-0.4, -0.2) is 36.9 Å². The number of carbonyl (C=O) groups excluding carboxylic acids is 2. The normalized spacial score (nSPS) is 18.2. The number of aromatic nitrogens is 1. The van der Waals surface area contributed by atoms with Crippen LogP contribution in [0.1, 0.15) is 91.6 Å². The maximum Gasteiger partial charge on any atom is 0.311 e. The highest BCUT2D eigenvalue weighted by Gasteiger charge is 2.49. The summed E-state index contributed by atoms with van der Waals surface area (Å²) < 4.78 is 28.8. The molecule has 2 aliphatic rings. The van der Waals surface area contributed by atoms with Crippen LogP contribution >= 0.6 is 0 Å². The van der Waals surface area contributed by atoms with E-state index in [9.17, 15) is 9.59 Å². The summed E-state index contributed by atoms with van der Waals surface area (Å²) in [5.41, 5.74) is 6.49. The lowest BCUT2D eigenvalue weighted by Gasteiger charge is -2.27. The second-order valence-electron chi connectivity index (χ2n) is 13.2. The highest BCUT2D eigenvalue weighted by molar-refractivity contribution is 5.80. The van der Waals surface area contributed by atoms with Gasteiger partial charge in [-0.2, -0.15) is 0 Å². The molecule has 256 valence electrons. The van der Waals surface area contributed by atoms with Crippen LogP contribution in [-0.2, 0) is 38.5 Å². The summed E-state index contributed by atoms with van der Waals surface area (Å²) in [5.74, 6) is -0.462. The molecule has 0 N–H and O–H groups in total. The third kappa shape index (κ3) is 7.43. The number of nitrogens with zero attached hydrogens (tertiary/aromatic N) is 1. The van der Waals surface area contributed by atoms with Crippen LogP contribution in [0.25, 0.3) is 0 Å². The quantitative estimate of drug-likeness (QED) is 0.133. The zero-order valence-electron chi connectivity index (χ0n) is 28.9. The van der Waals surface area contributed by atoms with Gasteiger partial charge in [-0.05, 0) is 91.3 Å². The van der Waals surface area contributed by atoms with Crippen LogP contribution in [0.3, 0.4) is 0 Å². The number of unbranched alkanes of at least 4 members (excludes halogenated alkanes) is 1. The topological polar surface area (TPSA) is 93.2 Å². The maximum atomic E-state index is 14.4. The first-order valence-corrected chi connectivity index (χ1v) is 17.2. The molecule has 2 heterocycles. The number of fused-ring (bicyclic) bond motifs is 2. The second kappa shape index (κ2) is 15.1. The Bertz CT molecular complexity index is 1790. The maximum absolute atomic E-state index is 14.4. The zero-order valence-corrected chi connectivity index (χ0v) is 28.9. The van der Waals surface area contributed by atoms with E-state index >= 15 is 0 Å². The Morgan fingerprint density at radius 2 is 1.67 bits per heavy atom. The first kappa shape index (κ1) is 34.0. The van der Waals surface area contributed by atoms with E-state index in [2.05, 4.69) is 19.1 Å². The molecule has 1 aliphatic carbocycles. The summed E-state index contributed by atoms with van der Waals surface area (Å²) in [7, 11) is 1.63. The van der Waals surface area contributed by atoms with Crippen LogP contribution in [0.5, 0.6) is 17.2 Å². The van der Waals surface area contributed by atoms with E-state index in [4.69, 9.17) is 28.7 Å². The minimum Gasteiger partial charge on any atom is -0.497 e. The number of methoxy groups -OCH3 is 1. The van der Waals surface area contributed by atoms with Gasteiger partial charge in [0.15, 0.2) is 11.5 Å². The van der Waals surface area contributed by atoms with Gasteiger partial charge in [0.05, 0.1) is 30.7 Å². The number of rotatable bonds is 13. The van der Waals surface area contributed by atoms with E-state index in [0.29, 0.717) is 23.7 Å². The molecule has 4 atom stereocenters. The molecule has 0 saturated heterocycles. The van der Waals surface area contributed by atoms with Crippen molar-refractivity contribution in [3.05, 3.63) is 118 Å². The number of ether oxygens (including phenoxy) is 5. The van der Waals surface area contributed by atoms with Crippen molar-refractivity contribution in [1.82, 2.24) is 4.98 Å². The van der Waals surface area contributed by atoms with E-state index in [1.807, 2.05) is 87.5 Å². The summed E-state index contributed by atoms with van der Waals surface area (Å²) >= 11 is 0. The first-order valence-electron chi connectivity index (χ1n) is 17.2. The number of esters is 2. The SMILES string of the molecule is CCCCc1ccc2c(n1)[C@@H](c1ccc(OC)cc1C[C@H](C)C(=O)OCc1ccccc1)[C@H](C(=O)OC(C)C)[C@H]2c1ccc2c(c1)OCO2. The molecule has 0 fully saturated rings. The van der Waals surface area contributed by atoms with Crippen LogP contribution in [0.2, 0.25) is 0 Å². The number of hydrogen-bond donors (Lipinski definition) is 0. The summed E-state index contributed by atoms with van der Waals surface area (Å²) in [6.45, 7) is 8.14. The van der Waals surface area contributed by atoms with Gasteiger partial charge in [0.25, 0.3) is 0 Å². The van der Waals surface area contributed by atoms with Crippen LogP contribution < -0.4 is 14.2 Å². The Labute approximate surface area is 288 Å². The van der Waals surface area contributed by atoms with Gasteiger partial charge in [0.2, 0.25) is 6.79 Å². The Balaban J connectivity index is 1.44. The van der Waals surface area contributed by atoms with Crippen molar-refractivity contribution in [2.45, 2.75) is 77.9 Å². The van der Waals surface area contributed by atoms with Crippen molar-refractivity contribution in [3.8, 4) is 17.2 Å². The molecule has 0 bridgehead atoms. The molecule has 0 amide bonds. The highest BCUT2D eigenvalue weighted by atomic mass is 16.7. The summed E-state index contributed by atoms with van der Waals surface area (Å²) in [6, 6.07) is 25.6. The largest absolute Gasteiger partial charge is 0.497 e. The van der Waals surface area contributed by atoms with Crippen molar-refractivity contribution in [2.24, 2.45) is 11.8 Å². The van der Waals surface area contributed by atoms with Gasteiger partial charge in [0, 0.05) is 17.5 Å². The molecular formula is C41H45NO7. The molecule has 0 spiro atoms. The molecule has 4 aromatic rings. The van der Waals surface area contributed by atoms with Gasteiger partial charge in [0.1, 0.15) is 12.4 Å². The molecule has 1 aromatic heterocycles. The van der Waals surface area contributed by atoms with Crippen LogP contribution in [0.4, 0.5) is 0 Å². The third-order valence-corrected chi connectivity index (χ3v) is 9.37. The molecule has 8 heteroatoms. The average Bonchev–Trinajstić information content (AvgIpc) is 3.72. The number of hydrogen-bond acceptors (Lipinski definition) is 8. The third-order valence-electron chi connectivity index (χ3n) is 9.37. The first-order chi connectivity index (χ1) is 23.8. The average molecular weight is 664 g/mol. The van der Waals surface area contributed by atoms with Gasteiger partial charge < -0.3 is 23.7 Å². The fourth-order valence-corrected chi connectivity index (χ4v) is 6.98. The van der Waals surface area contributed by atoms with Gasteiger partial charge in [-0.1, -0.05) is 68.8 Å². The Kier molecular flexibility index (Phi) is 10.5. The van der Waals surface area contributed by atoms with Gasteiger partial charge in [-0.3, -0.25) is 14.6 Å². The lowest BCUT2D eigenvalue weighted by atomic mass is 9.78. The molecule has 6 rings (SSSR count). The number of aryl methyl sites for hydroxylation is 1. The van der Waals surface area contributed by atoms with E-state index in [0.717, 1.165) is 58.5 Å². The molecule has 0 saturated carbocycles. The zero-order chi connectivity index (χ0) is 34.5. The predicted octanol–water partition coefficient (Wildman–Crippen LogP) is 7.93. The van der Waals surface area contributed by atoms with Crippen molar-refractivity contribution in [1.29, 1.82) is 0 Å². The smallest absolute Gasteiger partial charge is 0.311 e. The van der Waals surface area contributed by atoms with Crippen molar-refractivity contribution in [3.63, 3.8) is 0 Å². The lowest BCUT2D eigenvalue weighted by molar-refractivity contribution is -0.153. The van der Waals surface area contributed by atoms with Gasteiger partial charge in [-0.15, -0.1) is 0 Å². The Hall–Kier alpha value is -4.85. The predicted molar refractivity (Wildman–Crippen MR) is 186 cm³/mol. The van der Waals surface area contributed by atoms with E-state index in [-0.39, 0.29) is 37.4 Å². The van der Waals surface area contributed by atoms with Crippen molar-refractivity contribution in [2.75, 3.05) is 13.9 Å². The molecule has 1 aliphatic heterocycles. The molecule has 49 heavy (non-hydrogen) atoms. The second-order valence-corrected chi connectivity index (χ2v) is 13.2. The minimum absolute atomic E-state index is 0.158. The minimum atomic E-state index is -0.626. The number of pyridine rings is 1. The fraction of sp³-hybridized carbons (Fsp3) is 0.390. The summed E-state index contributed by atoms with van der Waals surface area (Å²) in [5, 5.41) is 0. The standard InChI is InChI=1S/C41H45NO7/c1-6-7-13-30-15-17-33-36(28-14-19-34-35(22-28)48-24-47-34)38(41(44)49-25(2)3)37(39(33)42-30)32-18-16-31(45-5)21-29(32)20-26(4)40(43)46-23-27-11-9-8-10-12-27/h8-12,14-19,21-22,25-26,36-38H,6-7,13,20,23-24H2,1-5H3/t26-,36-,37-,38+/m0/s1. The van der Waals surface area contributed by atoms with Gasteiger partial charge in [-0.25, -0.2) is 0 Å². The molecule has 0 radical (unpaired) electrons. The summed E-state index contributed by atoms with van der Waals surface area (Å²) in [6.07, 6.45) is 2.98. The van der Waals surface area contributed by atoms with Crippen LogP contribution in [0.15, 0.2) is 78.9 Å². The number of carbonyl (C=O) groups is 2. The van der Waals surface area contributed by atoms with Crippen LogP contribution in [0, 0.1) is 11.8 Å². The van der Waals surface area contributed by atoms with Crippen molar-refractivity contribution >= 4 is 11.9 Å².